The van der Waals surface area contributed by atoms with Gasteiger partial charge in [-0.15, -0.1) is 0 Å². The third kappa shape index (κ3) is 0.882. The maximum atomic E-state index is 9.69. The van der Waals surface area contributed by atoms with E-state index in [0.29, 0.717) is 24.4 Å². The number of hydrogen-bond donors (Lipinski definition) is 2. The Morgan fingerprint density at radius 3 is 2.42 bits per heavy atom. The molecule has 0 aromatic carbocycles. The van der Waals surface area contributed by atoms with E-state index in [1.54, 1.807) is 0 Å². The van der Waals surface area contributed by atoms with Gasteiger partial charge >= 0.3 is 0 Å². The van der Waals surface area contributed by atoms with E-state index in [9.17, 15) is 10.2 Å². The SMILES string of the molecule is CC1(C)C2CC(CC2O)C1CO. The van der Waals surface area contributed by atoms with E-state index >= 15 is 0 Å². The molecule has 2 bridgehead atoms. The van der Waals surface area contributed by atoms with Crippen LogP contribution < -0.4 is 0 Å². The van der Waals surface area contributed by atoms with E-state index in [0.717, 1.165) is 12.8 Å². The van der Waals surface area contributed by atoms with Gasteiger partial charge in [-0.2, -0.15) is 0 Å². The van der Waals surface area contributed by atoms with Gasteiger partial charge in [-0.3, -0.25) is 0 Å². The Morgan fingerprint density at radius 2 is 2.00 bits per heavy atom. The molecule has 0 amide bonds. The predicted molar refractivity (Wildman–Crippen MR) is 46.6 cm³/mol. The lowest BCUT2D eigenvalue weighted by Gasteiger charge is -2.39. The van der Waals surface area contributed by atoms with Crippen molar-refractivity contribution in [2.24, 2.45) is 23.2 Å². The van der Waals surface area contributed by atoms with Crippen molar-refractivity contribution in [1.82, 2.24) is 0 Å². The van der Waals surface area contributed by atoms with Gasteiger partial charge in [0.2, 0.25) is 0 Å². The number of aliphatic hydroxyl groups is 2. The summed E-state index contributed by atoms with van der Waals surface area (Å²) in [5.41, 5.74) is 0.150. The van der Waals surface area contributed by atoms with Gasteiger partial charge in [0, 0.05) is 6.61 Å². The second-order valence-corrected chi connectivity index (χ2v) is 5.02. The Labute approximate surface area is 73.6 Å². The molecule has 2 fully saturated rings. The molecule has 0 aromatic rings. The number of rotatable bonds is 1. The average Bonchev–Trinajstić information content (AvgIpc) is 2.41. The summed E-state index contributed by atoms with van der Waals surface area (Å²) in [5.74, 6) is 1.43. The molecule has 0 spiro atoms. The minimum atomic E-state index is -0.104. The third-order valence-corrected chi connectivity index (χ3v) is 4.24. The first-order valence-electron chi connectivity index (χ1n) is 4.86. The van der Waals surface area contributed by atoms with E-state index in [-0.39, 0.29) is 11.5 Å². The minimum Gasteiger partial charge on any atom is -0.396 e. The summed E-state index contributed by atoms with van der Waals surface area (Å²) in [6.45, 7) is 4.66. The second kappa shape index (κ2) is 2.46. The summed E-state index contributed by atoms with van der Waals surface area (Å²) in [6.07, 6.45) is 1.94. The Hall–Kier alpha value is -0.0800. The molecule has 2 aliphatic carbocycles. The first-order chi connectivity index (χ1) is 5.57. The standard InChI is InChI=1S/C10H18O2/c1-10(2)7-3-6(4-9(7)12)8(10)5-11/h6-9,11-12H,3-5H2,1-2H3. The highest BCUT2D eigenvalue weighted by Crippen LogP contribution is 2.58. The van der Waals surface area contributed by atoms with E-state index in [2.05, 4.69) is 13.8 Å². The van der Waals surface area contributed by atoms with Crippen molar-refractivity contribution in [2.75, 3.05) is 6.61 Å². The van der Waals surface area contributed by atoms with Crippen LogP contribution in [-0.4, -0.2) is 22.9 Å². The van der Waals surface area contributed by atoms with Crippen LogP contribution >= 0.6 is 0 Å². The molecule has 2 nitrogen and oxygen atoms in total. The summed E-state index contributed by atoms with van der Waals surface area (Å²) < 4.78 is 0. The fourth-order valence-electron chi connectivity index (χ4n) is 3.45. The number of aliphatic hydroxyl groups excluding tert-OH is 2. The average molecular weight is 170 g/mol. The monoisotopic (exact) mass is 170 g/mol. The lowest BCUT2D eigenvalue weighted by atomic mass is 9.68. The lowest BCUT2D eigenvalue weighted by molar-refractivity contribution is -0.0146. The van der Waals surface area contributed by atoms with Crippen LogP contribution in [0.5, 0.6) is 0 Å². The molecule has 12 heavy (non-hydrogen) atoms. The molecule has 0 aliphatic heterocycles. The van der Waals surface area contributed by atoms with Crippen molar-refractivity contribution in [3.8, 4) is 0 Å². The number of fused-ring (bicyclic) bond motifs is 2. The smallest absolute Gasteiger partial charge is 0.0576 e. The molecule has 0 radical (unpaired) electrons. The van der Waals surface area contributed by atoms with Gasteiger partial charge in [0.25, 0.3) is 0 Å². The van der Waals surface area contributed by atoms with Crippen LogP contribution in [0.2, 0.25) is 0 Å². The molecule has 4 atom stereocenters. The molecule has 2 saturated carbocycles. The zero-order valence-corrected chi connectivity index (χ0v) is 7.83. The van der Waals surface area contributed by atoms with Gasteiger partial charge < -0.3 is 10.2 Å². The highest BCUT2D eigenvalue weighted by Gasteiger charge is 2.56. The Morgan fingerprint density at radius 1 is 1.33 bits per heavy atom. The normalized spacial score (nSPS) is 50.0. The van der Waals surface area contributed by atoms with Crippen LogP contribution in [0, 0.1) is 23.2 Å². The van der Waals surface area contributed by atoms with Crippen LogP contribution in [0.4, 0.5) is 0 Å². The second-order valence-electron chi connectivity index (χ2n) is 5.02. The van der Waals surface area contributed by atoms with Crippen LogP contribution in [0.25, 0.3) is 0 Å². The third-order valence-electron chi connectivity index (χ3n) is 4.24. The first kappa shape index (κ1) is 8.52. The molecule has 0 aromatic heterocycles. The van der Waals surface area contributed by atoms with Crippen LogP contribution in [-0.2, 0) is 0 Å². The number of hydrogen-bond acceptors (Lipinski definition) is 2. The van der Waals surface area contributed by atoms with Crippen molar-refractivity contribution in [1.29, 1.82) is 0 Å². The Kier molecular flexibility index (Phi) is 1.74. The molecule has 2 aliphatic rings. The highest BCUT2D eigenvalue weighted by atomic mass is 16.3. The molecule has 0 heterocycles. The minimum absolute atomic E-state index is 0.104. The highest BCUT2D eigenvalue weighted by molar-refractivity contribution is 5.05. The molecule has 2 rings (SSSR count). The summed E-state index contributed by atoms with van der Waals surface area (Å²) >= 11 is 0. The van der Waals surface area contributed by atoms with E-state index in [4.69, 9.17) is 0 Å². The first-order valence-corrected chi connectivity index (χ1v) is 4.86. The maximum Gasteiger partial charge on any atom is 0.0576 e. The van der Waals surface area contributed by atoms with Gasteiger partial charge in [0.05, 0.1) is 6.10 Å². The van der Waals surface area contributed by atoms with E-state index in [1.807, 2.05) is 0 Å². The summed E-state index contributed by atoms with van der Waals surface area (Å²) in [7, 11) is 0. The fourth-order valence-corrected chi connectivity index (χ4v) is 3.45. The van der Waals surface area contributed by atoms with Gasteiger partial charge in [0.15, 0.2) is 0 Å². The molecule has 0 saturated heterocycles. The van der Waals surface area contributed by atoms with Crippen molar-refractivity contribution < 1.29 is 10.2 Å². The largest absolute Gasteiger partial charge is 0.396 e. The van der Waals surface area contributed by atoms with Crippen LogP contribution in [0.1, 0.15) is 26.7 Å². The molecule has 70 valence electrons. The topological polar surface area (TPSA) is 40.5 Å². The van der Waals surface area contributed by atoms with Crippen LogP contribution in [0.3, 0.4) is 0 Å². The molecular weight excluding hydrogens is 152 g/mol. The molecule has 2 heteroatoms. The van der Waals surface area contributed by atoms with Gasteiger partial charge in [0.1, 0.15) is 0 Å². The van der Waals surface area contributed by atoms with E-state index < -0.39 is 0 Å². The summed E-state index contributed by atoms with van der Waals surface area (Å²) in [4.78, 5) is 0. The molecule has 2 N–H and O–H groups in total. The van der Waals surface area contributed by atoms with Crippen molar-refractivity contribution in [3.05, 3.63) is 0 Å². The fraction of sp³-hybridized carbons (Fsp3) is 1.00. The maximum absolute atomic E-state index is 9.69. The van der Waals surface area contributed by atoms with Crippen molar-refractivity contribution in [2.45, 2.75) is 32.8 Å². The predicted octanol–water partition coefficient (Wildman–Crippen LogP) is 1.02. The summed E-state index contributed by atoms with van der Waals surface area (Å²) in [5, 5.41) is 18.9. The quantitative estimate of drug-likeness (QED) is 0.617. The van der Waals surface area contributed by atoms with Gasteiger partial charge in [-0.1, -0.05) is 13.8 Å². The van der Waals surface area contributed by atoms with Gasteiger partial charge in [-0.25, -0.2) is 0 Å². The zero-order valence-electron chi connectivity index (χ0n) is 7.83. The summed E-state index contributed by atoms with van der Waals surface area (Å²) in [6, 6.07) is 0. The van der Waals surface area contributed by atoms with E-state index in [1.165, 1.54) is 0 Å². The molecule has 4 unspecified atom stereocenters. The van der Waals surface area contributed by atoms with Gasteiger partial charge in [-0.05, 0) is 36.0 Å². The zero-order chi connectivity index (χ0) is 8.93. The van der Waals surface area contributed by atoms with Crippen molar-refractivity contribution >= 4 is 0 Å². The lowest BCUT2D eigenvalue weighted by Crippen LogP contribution is -2.39. The van der Waals surface area contributed by atoms with Crippen molar-refractivity contribution in [3.63, 3.8) is 0 Å². The Bertz CT molecular complexity index is 184. The van der Waals surface area contributed by atoms with Crippen LogP contribution in [0.15, 0.2) is 0 Å². The molecular formula is C10H18O2. The Balaban J connectivity index is 2.23.